The zero-order valence-electron chi connectivity index (χ0n) is 14.6. The Hall–Kier alpha value is -2.57. The van der Waals surface area contributed by atoms with Crippen molar-refractivity contribution in [3.05, 3.63) is 63.6 Å². The lowest BCUT2D eigenvalue weighted by Gasteiger charge is -2.10. The van der Waals surface area contributed by atoms with Gasteiger partial charge in [-0.2, -0.15) is 0 Å². The van der Waals surface area contributed by atoms with Crippen LogP contribution in [-0.4, -0.2) is 30.9 Å². The van der Waals surface area contributed by atoms with E-state index in [9.17, 15) is 14.4 Å². The number of halogens is 2. The van der Waals surface area contributed by atoms with Crippen LogP contribution in [0.1, 0.15) is 22.8 Å². The van der Waals surface area contributed by atoms with Gasteiger partial charge in [0.15, 0.2) is 6.61 Å². The van der Waals surface area contributed by atoms with Crippen LogP contribution in [0.25, 0.3) is 0 Å². The van der Waals surface area contributed by atoms with Gasteiger partial charge >= 0.3 is 5.97 Å². The molecule has 2 rings (SSSR count). The summed E-state index contributed by atoms with van der Waals surface area (Å²) >= 11 is 11.6. The number of hydrogen-bond acceptors (Lipinski definition) is 4. The lowest BCUT2D eigenvalue weighted by Crippen LogP contribution is -2.35. The number of nitrogens with one attached hydrogen (secondary N) is 2. The molecule has 0 saturated heterocycles. The third kappa shape index (κ3) is 6.27. The molecule has 27 heavy (non-hydrogen) atoms. The molecule has 2 amide bonds. The van der Waals surface area contributed by atoms with Crippen LogP contribution in [0.2, 0.25) is 10.0 Å². The molecular formula is C19H18Cl2N2O4. The molecule has 0 radical (unpaired) electrons. The Morgan fingerprint density at radius 2 is 1.74 bits per heavy atom. The predicted molar refractivity (Wildman–Crippen MR) is 104 cm³/mol. The van der Waals surface area contributed by atoms with E-state index in [1.54, 1.807) is 6.07 Å². The summed E-state index contributed by atoms with van der Waals surface area (Å²) in [5, 5.41) is 5.64. The topological polar surface area (TPSA) is 84.5 Å². The van der Waals surface area contributed by atoms with Gasteiger partial charge in [-0.05, 0) is 36.2 Å². The molecule has 0 spiro atoms. The summed E-state index contributed by atoms with van der Waals surface area (Å²) in [6, 6.07) is 11.7. The van der Waals surface area contributed by atoms with Crippen LogP contribution in [-0.2, 0) is 20.7 Å². The van der Waals surface area contributed by atoms with E-state index in [-0.39, 0.29) is 23.0 Å². The Balaban J connectivity index is 1.77. The van der Waals surface area contributed by atoms with E-state index in [0.29, 0.717) is 10.7 Å². The fraction of sp³-hybridized carbons (Fsp3) is 0.211. The van der Waals surface area contributed by atoms with Crippen molar-refractivity contribution < 1.29 is 19.1 Å². The first kappa shape index (κ1) is 20.7. The number of benzene rings is 2. The lowest BCUT2D eigenvalue weighted by atomic mass is 10.1. The molecule has 8 heteroatoms. The van der Waals surface area contributed by atoms with E-state index in [1.807, 2.05) is 25.1 Å². The molecule has 0 unspecified atom stereocenters. The summed E-state index contributed by atoms with van der Waals surface area (Å²) in [4.78, 5) is 35.6. The Morgan fingerprint density at radius 1 is 1.00 bits per heavy atom. The number of amides is 2. The summed E-state index contributed by atoms with van der Waals surface area (Å²) < 4.78 is 4.89. The highest BCUT2D eigenvalue weighted by atomic mass is 35.5. The molecule has 0 aliphatic carbocycles. The van der Waals surface area contributed by atoms with E-state index in [4.69, 9.17) is 27.9 Å². The van der Waals surface area contributed by atoms with Gasteiger partial charge in [0.25, 0.3) is 5.91 Å². The number of rotatable bonds is 7. The van der Waals surface area contributed by atoms with Gasteiger partial charge in [-0.25, -0.2) is 4.79 Å². The van der Waals surface area contributed by atoms with Crippen LogP contribution in [0.4, 0.5) is 5.69 Å². The number of aryl methyl sites for hydroxylation is 1. The molecule has 2 aromatic carbocycles. The van der Waals surface area contributed by atoms with E-state index >= 15 is 0 Å². The SMILES string of the molecule is CCc1ccccc1NC(=O)CNC(=O)COC(=O)c1ccc(Cl)c(Cl)c1. The van der Waals surface area contributed by atoms with Crippen LogP contribution < -0.4 is 10.6 Å². The van der Waals surface area contributed by atoms with Gasteiger partial charge in [0, 0.05) is 5.69 Å². The summed E-state index contributed by atoms with van der Waals surface area (Å²) in [5.74, 6) is -1.69. The van der Waals surface area contributed by atoms with Gasteiger partial charge in [0.05, 0.1) is 22.2 Å². The van der Waals surface area contributed by atoms with Crippen LogP contribution in [0.15, 0.2) is 42.5 Å². The predicted octanol–water partition coefficient (Wildman–Crippen LogP) is 3.47. The van der Waals surface area contributed by atoms with Crippen LogP contribution in [0.5, 0.6) is 0 Å². The third-order valence-corrected chi connectivity index (χ3v) is 4.35. The monoisotopic (exact) mass is 408 g/mol. The molecule has 0 aliphatic rings. The molecule has 0 aliphatic heterocycles. The maximum Gasteiger partial charge on any atom is 0.338 e. The molecule has 0 atom stereocenters. The van der Waals surface area contributed by atoms with Gasteiger partial charge in [-0.3, -0.25) is 9.59 Å². The van der Waals surface area contributed by atoms with Crippen LogP contribution in [0, 0.1) is 0 Å². The van der Waals surface area contributed by atoms with Gasteiger partial charge in [-0.1, -0.05) is 48.3 Å². The lowest BCUT2D eigenvalue weighted by molar-refractivity contribution is -0.126. The fourth-order valence-electron chi connectivity index (χ4n) is 2.21. The summed E-state index contributed by atoms with van der Waals surface area (Å²) in [6.07, 6.45) is 0.771. The maximum absolute atomic E-state index is 12.0. The zero-order chi connectivity index (χ0) is 19.8. The highest BCUT2D eigenvalue weighted by molar-refractivity contribution is 6.42. The molecule has 2 N–H and O–H groups in total. The van der Waals surface area contributed by atoms with E-state index in [1.165, 1.54) is 18.2 Å². The average molecular weight is 409 g/mol. The van der Waals surface area contributed by atoms with Crippen molar-refractivity contribution in [2.24, 2.45) is 0 Å². The number of esters is 1. The molecule has 0 aromatic heterocycles. The molecular weight excluding hydrogens is 391 g/mol. The molecule has 2 aromatic rings. The molecule has 0 heterocycles. The number of ether oxygens (including phenoxy) is 1. The molecule has 0 bridgehead atoms. The summed E-state index contributed by atoms with van der Waals surface area (Å²) in [7, 11) is 0. The summed E-state index contributed by atoms with van der Waals surface area (Å²) in [5.41, 5.74) is 1.86. The second-order valence-electron chi connectivity index (χ2n) is 5.54. The van der Waals surface area contributed by atoms with Crippen molar-refractivity contribution in [2.75, 3.05) is 18.5 Å². The molecule has 0 saturated carbocycles. The number of para-hydroxylation sites is 1. The standard InChI is InChI=1S/C19H18Cl2N2O4/c1-2-12-5-3-4-6-16(12)23-17(24)10-22-18(25)11-27-19(26)13-7-8-14(20)15(21)9-13/h3-9H,2,10-11H2,1H3,(H,22,25)(H,23,24). The van der Waals surface area contributed by atoms with Crippen molar-refractivity contribution in [3.63, 3.8) is 0 Å². The van der Waals surface area contributed by atoms with Crippen molar-refractivity contribution in [1.82, 2.24) is 5.32 Å². The summed E-state index contributed by atoms with van der Waals surface area (Å²) in [6.45, 7) is 1.23. The molecule has 0 fully saturated rings. The quantitative estimate of drug-likeness (QED) is 0.686. The second-order valence-corrected chi connectivity index (χ2v) is 6.36. The smallest absolute Gasteiger partial charge is 0.338 e. The van der Waals surface area contributed by atoms with E-state index in [2.05, 4.69) is 10.6 Å². The van der Waals surface area contributed by atoms with Gasteiger partial charge in [0.2, 0.25) is 5.91 Å². The van der Waals surface area contributed by atoms with Gasteiger partial charge < -0.3 is 15.4 Å². The minimum Gasteiger partial charge on any atom is -0.452 e. The minimum atomic E-state index is -0.718. The normalized spacial score (nSPS) is 10.2. The molecule has 6 nitrogen and oxygen atoms in total. The Bertz CT molecular complexity index is 855. The number of hydrogen-bond donors (Lipinski definition) is 2. The Morgan fingerprint density at radius 3 is 2.44 bits per heavy atom. The molecule has 142 valence electrons. The van der Waals surface area contributed by atoms with Crippen molar-refractivity contribution in [2.45, 2.75) is 13.3 Å². The maximum atomic E-state index is 12.0. The number of carbonyl (C=O) groups excluding carboxylic acids is 3. The van der Waals surface area contributed by atoms with E-state index in [0.717, 1.165) is 12.0 Å². The van der Waals surface area contributed by atoms with Crippen molar-refractivity contribution >= 4 is 46.7 Å². The van der Waals surface area contributed by atoms with E-state index < -0.39 is 18.5 Å². The van der Waals surface area contributed by atoms with Crippen LogP contribution >= 0.6 is 23.2 Å². The second kappa shape index (κ2) is 9.94. The van der Waals surface area contributed by atoms with Crippen LogP contribution in [0.3, 0.4) is 0 Å². The fourth-order valence-corrected chi connectivity index (χ4v) is 2.51. The first-order valence-corrected chi connectivity index (χ1v) is 8.93. The minimum absolute atomic E-state index is 0.172. The zero-order valence-corrected chi connectivity index (χ0v) is 16.1. The Kier molecular flexibility index (Phi) is 7.64. The number of anilines is 1. The van der Waals surface area contributed by atoms with Gasteiger partial charge in [0.1, 0.15) is 0 Å². The van der Waals surface area contributed by atoms with Gasteiger partial charge in [-0.15, -0.1) is 0 Å². The highest BCUT2D eigenvalue weighted by Crippen LogP contribution is 2.22. The first-order chi connectivity index (χ1) is 12.9. The average Bonchev–Trinajstić information content (AvgIpc) is 2.67. The largest absolute Gasteiger partial charge is 0.452 e. The number of carbonyl (C=O) groups is 3. The van der Waals surface area contributed by atoms with Crippen molar-refractivity contribution in [3.8, 4) is 0 Å². The first-order valence-electron chi connectivity index (χ1n) is 8.17. The van der Waals surface area contributed by atoms with Crippen molar-refractivity contribution in [1.29, 1.82) is 0 Å². The highest BCUT2D eigenvalue weighted by Gasteiger charge is 2.13. The third-order valence-electron chi connectivity index (χ3n) is 3.61. The Labute approximate surface area is 166 Å².